The number of primary amides is 1. The van der Waals surface area contributed by atoms with Gasteiger partial charge in [-0.3, -0.25) is 4.79 Å². The average Bonchev–Trinajstić information content (AvgIpc) is 2.88. The molecule has 25 heavy (non-hydrogen) atoms. The number of nitrogens with zero attached hydrogens (tertiary/aromatic N) is 1. The lowest BCUT2D eigenvalue weighted by Crippen LogP contribution is -2.11. The van der Waals surface area contributed by atoms with E-state index < -0.39 is 5.91 Å². The molecule has 0 fully saturated rings. The third-order valence-electron chi connectivity index (χ3n) is 4.25. The van der Waals surface area contributed by atoms with E-state index in [2.05, 4.69) is 22.0 Å². The number of rotatable bonds is 3. The highest BCUT2D eigenvalue weighted by Gasteiger charge is 2.17. The van der Waals surface area contributed by atoms with Crippen LogP contribution >= 0.6 is 15.9 Å². The van der Waals surface area contributed by atoms with Crippen molar-refractivity contribution in [3.8, 4) is 0 Å². The molecule has 1 radical (unpaired) electrons. The predicted molar refractivity (Wildman–Crippen MR) is 100.0 cm³/mol. The Morgan fingerprint density at radius 3 is 2.72 bits per heavy atom. The van der Waals surface area contributed by atoms with Gasteiger partial charge in [0.25, 0.3) is 0 Å². The molecule has 0 unspecified atom stereocenters. The SMILES string of the molecule is NC(=O)c1cccc2c1c1[c]cc(F)cc1n2Cc1cccc(Br)c1. The minimum Gasteiger partial charge on any atom is -0.366 e. The predicted octanol–water partition coefficient (Wildman–Crippen LogP) is 4.64. The maximum atomic E-state index is 13.9. The van der Waals surface area contributed by atoms with Crippen molar-refractivity contribution in [2.45, 2.75) is 6.54 Å². The van der Waals surface area contributed by atoms with Crippen molar-refractivity contribution in [3.63, 3.8) is 0 Å². The second-order valence-corrected chi connectivity index (χ2v) is 6.77. The monoisotopic (exact) mass is 395 g/mol. The molecule has 0 spiro atoms. The molecule has 0 atom stereocenters. The number of benzene rings is 3. The summed E-state index contributed by atoms with van der Waals surface area (Å²) in [5, 5.41) is 1.40. The minimum atomic E-state index is -0.509. The lowest BCUT2D eigenvalue weighted by atomic mass is 10.1. The number of hydrogen-bond donors (Lipinski definition) is 1. The third kappa shape index (κ3) is 2.70. The van der Waals surface area contributed by atoms with Gasteiger partial charge < -0.3 is 10.3 Å². The molecule has 4 aromatic rings. The third-order valence-corrected chi connectivity index (χ3v) is 4.75. The Morgan fingerprint density at radius 1 is 1.16 bits per heavy atom. The van der Waals surface area contributed by atoms with Crippen LogP contribution in [0.3, 0.4) is 0 Å². The molecule has 4 rings (SSSR count). The summed E-state index contributed by atoms with van der Waals surface area (Å²) in [6, 6.07) is 19.0. The van der Waals surface area contributed by atoms with Gasteiger partial charge in [0.2, 0.25) is 5.91 Å². The number of hydrogen-bond acceptors (Lipinski definition) is 1. The van der Waals surface area contributed by atoms with Crippen LogP contribution in [0.15, 0.2) is 59.1 Å². The molecule has 1 aromatic heterocycles. The molecule has 1 heterocycles. The van der Waals surface area contributed by atoms with E-state index in [1.165, 1.54) is 12.1 Å². The Balaban J connectivity index is 2.06. The van der Waals surface area contributed by atoms with Gasteiger partial charge in [0.15, 0.2) is 0 Å². The van der Waals surface area contributed by atoms with Gasteiger partial charge in [-0.15, -0.1) is 0 Å². The standard InChI is InChI=1S/C20H13BrFN2O/c21-13-4-1-3-12(9-13)11-24-17-6-2-5-16(20(23)25)19(17)15-8-7-14(22)10-18(15)24/h1-7,9-10H,11H2,(H2,23,25). The summed E-state index contributed by atoms with van der Waals surface area (Å²) in [6.07, 6.45) is 0. The van der Waals surface area contributed by atoms with E-state index in [9.17, 15) is 9.18 Å². The van der Waals surface area contributed by atoms with Crippen molar-refractivity contribution in [2.24, 2.45) is 5.73 Å². The smallest absolute Gasteiger partial charge is 0.249 e. The van der Waals surface area contributed by atoms with Crippen molar-refractivity contribution < 1.29 is 9.18 Å². The summed E-state index contributed by atoms with van der Waals surface area (Å²) in [5.41, 5.74) is 8.52. The molecule has 123 valence electrons. The van der Waals surface area contributed by atoms with E-state index in [4.69, 9.17) is 5.73 Å². The van der Waals surface area contributed by atoms with Gasteiger partial charge in [0.05, 0.1) is 11.0 Å². The van der Waals surface area contributed by atoms with Crippen molar-refractivity contribution in [1.29, 1.82) is 0 Å². The summed E-state index contributed by atoms with van der Waals surface area (Å²) in [7, 11) is 0. The van der Waals surface area contributed by atoms with Crippen molar-refractivity contribution in [2.75, 3.05) is 0 Å². The molecule has 3 nitrogen and oxygen atoms in total. The zero-order valence-electron chi connectivity index (χ0n) is 13.1. The molecule has 0 aliphatic rings. The minimum absolute atomic E-state index is 0.369. The molecule has 2 N–H and O–H groups in total. The zero-order chi connectivity index (χ0) is 17.6. The van der Waals surface area contributed by atoms with Crippen LogP contribution in [-0.2, 0) is 6.54 Å². The Labute approximate surface area is 152 Å². The number of carbonyl (C=O) groups is 1. The Hall–Kier alpha value is -2.66. The average molecular weight is 396 g/mol. The Kier molecular flexibility index (Phi) is 3.81. The molecular weight excluding hydrogens is 383 g/mol. The first-order chi connectivity index (χ1) is 12.0. The van der Waals surface area contributed by atoms with Gasteiger partial charge in [-0.25, -0.2) is 4.39 Å². The fourth-order valence-electron chi connectivity index (χ4n) is 3.22. The maximum absolute atomic E-state index is 13.9. The lowest BCUT2D eigenvalue weighted by Gasteiger charge is -2.08. The molecule has 0 aliphatic heterocycles. The molecule has 3 aromatic carbocycles. The summed E-state index contributed by atoms with van der Waals surface area (Å²) in [5.74, 6) is -0.878. The van der Waals surface area contributed by atoms with Gasteiger partial charge in [-0.05, 0) is 48.0 Å². The zero-order valence-corrected chi connectivity index (χ0v) is 14.7. The molecule has 5 heteroatoms. The maximum Gasteiger partial charge on any atom is 0.249 e. The second kappa shape index (κ2) is 6.01. The van der Waals surface area contributed by atoms with Crippen LogP contribution in [0, 0.1) is 11.9 Å². The summed E-state index contributed by atoms with van der Waals surface area (Å²) < 4.78 is 16.8. The molecular formula is C20H13BrFN2O. The van der Waals surface area contributed by atoms with Crippen LogP contribution in [0.2, 0.25) is 0 Å². The van der Waals surface area contributed by atoms with Gasteiger partial charge >= 0.3 is 0 Å². The number of aromatic nitrogens is 1. The van der Waals surface area contributed by atoms with Gasteiger partial charge in [-0.2, -0.15) is 0 Å². The Morgan fingerprint density at radius 2 is 1.96 bits per heavy atom. The first-order valence-corrected chi connectivity index (χ1v) is 8.50. The van der Waals surface area contributed by atoms with Gasteiger partial charge in [-0.1, -0.05) is 34.1 Å². The molecule has 1 amide bonds. The number of fused-ring (bicyclic) bond motifs is 3. The molecule has 0 bridgehead atoms. The van der Waals surface area contributed by atoms with Crippen LogP contribution in [-0.4, -0.2) is 10.5 Å². The van der Waals surface area contributed by atoms with E-state index in [1.54, 1.807) is 12.1 Å². The fraction of sp³-hybridized carbons (Fsp3) is 0.0500. The van der Waals surface area contributed by atoms with Crippen LogP contribution in [0.5, 0.6) is 0 Å². The second-order valence-electron chi connectivity index (χ2n) is 5.86. The first kappa shape index (κ1) is 15.8. The van der Waals surface area contributed by atoms with Crippen LogP contribution in [0.1, 0.15) is 15.9 Å². The van der Waals surface area contributed by atoms with Crippen molar-refractivity contribution in [3.05, 3.63) is 82.1 Å². The lowest BCUT2D eigenvalue weighted by molar-refractivity contribution is 0.100. The van der Waals surface area contributed by atoms with E-state index in [-0.39, 0.29) is 5.82 Å². The van der Waals surface area contributed by atoms with Gasteiger partial charge in [0, 0.05) is 27.4 Å². The van der Waals surface area contributed by atoms with Crippen molar-refractivity contribution >= 4 is 43.6 Å². The quantitative estimate of drug-likeness (QED) is 0.539. The summed E-state index contributed by atoms with van der Waals surface area (Å²) in [4.78, 5) is 11.9. The largest absolute Gasteiger partial charge is 0.366 e. The number of amides is 1. The molecule has 0 saturated carbocycles. The highest BCUT2D eigenvalue weighted by molar-refractivity contribution is 9.10. The topological polar surface area (TPSA) is 48.0 Å². The first-order valence-electron chi connectivity index (χ1n) is 7.71. The number of nitrogens with two attached hydrogens (primary N) is 1. The summed E-state index contributed by atoms with van der Waals surface area (Å²) in [6.45, 7) is 0.541. The van der Waals surface area contributed by atoms with Crippen LogP contribution < -0.4 is 5.73 Å². The van der Waals surface area contributed by atoms with Gasteiger partial charge in [0.1, 0.15) is 5.82 Å². The number of halogens is 2. The van der Waals surface area contributed by atoms with E-state index in [0.29, 0.717) is 28.4 Å². The van der Waals surface area contributed by atoms with Crippen LogP contribution in [0.4, 0.5) is 4.39 Å². The Bertz CT molecular complexity index is 1130. The number of carbonyl (C=O) groups excluding carboxylic acids is 1. The van der Waals surface area contributed by atoms with Crippen LogP contribution in [0.25, 0.3) is 21.8 Å². The van der Waals surface area contributed by atoms with E-state index in [0.717, 1.165) is 15.6 Å². The molecule has 0 aliphatic carbocycles. The fourth-order valence-corrected chi connectivity index (χ4v) is 3.67. The normalized spacial score (nSPS) is 11.3. The molecule has 0 saturated heterocycles. The highest BCUT2D eigenvalue weighted by Crippen LogP contribution is 2.32. The van der Waals surface area contributed by atoms with Crippen molar-refractivity contribution in [1.82, 2.24) is 4.57 Å². The highest BCUT2D eigenvalue weighted by atomic mass is 79.9. The van der Waals surface area contributed by atoms with E-state index in [1.807, 2.05) is 34.9 Å². The van der Waals surface area contributed by atoms with E-state index >= 15 is 0 Å². The summed E-state index contributed by atoms with van der Waals surface area (Å²) >= 11 is 3.47.